The van der Waals surface area contributed by atoms with Crippen molar-refractivity contribution in [1.29, 1.82) is 0 Å². The van der Waals surface area contributed by atoms with Gasteiger partial charge >= 0.3 is 0 Å². The minimum absolute atomic E-state index is 0.410. The summed E-state index contributed by atoms with van der Waals surface area (Å²) < 4.78 is 7.97. The van der Waals surface area contributed by atoms with Crippen LogP contribution in [0.2, 0.25) is 0 Å². The summed E-state index contributed by atoms with van der Waals surface area (Å²) in [6, 6.07) is 0. The molecule has 84 valence electrons. The Hall–Kier alpha value is -0.870. The van der Waals surface area contributed by atoms with E-state index in [1.807, 2.05) is 12.4 Å². The molecule has 1 fully saturated rings. The van der Waals surface area contributed by atoms with Crippen molar-refractivity contribution in [2.45, 2.75) is 39.0 Å². The van der Waals surface area contributed by atoms with E-state index >= 15 is 0 Å². The molecule has 2 rings (SSSR count). The quantitative estimate of drug-likeness (QED) is 0.809. The van der Waals surface area contributed by atoms with Crippen molar-refractivity contribution in [2.75, 3.05) is 13.1 Å². The van der Waals surface area contributed by atoms with Gasteiger partial charge in [-0.05, 0) is 32.9 Å². The topological polar surface area (TPSA) is 39.1 Å². The molecule has 0 unspecified atom stereocenters. The predicted molar refractivity (Wildman–Crippen MR) is 58.6 cm³/mol. The number of nitrogens with zero attached hydrogens (tertiary/aromatic N) is 2. The molecule has 0 radical (unpaired) electrons. The highest BCUT2D eigenvalue weighted by Gasteiger charge is 2.14. The average molecular weight is 209 g/mol. The Morgan fingerprint density at radius 3 is 3.07 bits per heavy atom. The second-order valence-electron chi connectivity index (χ2n) is 3.89. The molecular weight excluding hydrogens is 190 g/mol. The van der Waals surface area contributed by atoms with Gasteiger partial charge in [0.25, 0.3) is 0 Å². The highest BCUT2D eigenvalue weighted by molar-refractivity contribution is 4.90. The lowest BCUT2D eigenvalue weighted by molar-refractivity contribution is 0.0165. The molecule has 1 aliphatic rings. The molecule has 0 bridgehead atoms. The van der Waals surface area contributed by atoms with Gasteiger partial charge in [-0.25, -0.2) is 4.98 Å². The second kappa shape index (κ2) is 5.28. The number of imidazole rings is 1. The fraction of sp³-hybridized carbons (Fsp3) is 0.727. The van der Waals surface area contributed by atoms with E-state index in [0.29, 0.717) is 12.7 Å². The minimum Gasteiger partial charge on any atom is -0.370 e. The number of ether oxygens (including phenoxy) is 1. The first kappa shape index (κ1) is 10.6. The Morgan fingerprint density at radius 1 is 1.53 bits per heavy atom. The number of piperidine rings is 1. The number of aryl methyl sites for hydroxylation is 1. The molecule has 15 heavy (non-hydrogen) atoms. The number of hydrogen-bond acceptors (Lipinski definition) is 3. The number of rotatable bonds is 4. The SMILES string of the molecule is CCn1ccnc1COC1CCNCC1. The highest BCUT2D eigenvalue weighted by Crippen LogP contribution is 2.10. The summed E-state index contributed by atoms with van der Waals surface area (Å²) in [7, 11) is 0. The van der Waals surface area contributed by atoms with E-state index in [4.69, 9.17) is 4.74 Å². The summed E-state index contributed by atoms with van der Waals surface area (Å²) in [5.41, 5.74) is 0. The number of nitrogens with one attached hydrogen (secondary N) is 1. The molecule has 1 saturated heterocycles. The van der Waals surface area contributed by atoms with E-state index in [2.05, 4.69) is 21.8 Å². The van der Waals surface area contributed by atoms with Gasteiger partial charge in [0.05, 0.1) is 6.10 Å². The van der Waals surface area contributed by atoms with Crippen LogP contribution in [-0.2, 0) is 17.9 Å². The van der Waals surface area contributed by atoms with Crippen molar-refractivity contribution in [3.63, 3.8) is 0 Å². The number of aromatic nitrogens is 2. The van der Waals surface area contributed by atoms with E-state index in [1.165, 1.54) is 0 Å². The monoisotopic (exact) mass is 209 g/mol. The van der Waals surface area contributed by atoms with Gasteiger partial charge in [-0.1, -0.05) is 0 Å². The Labute approximate surface area is 90.6 Å². The Bertz CT molecular complexity index is 292. The van der Waals surface area contributed by atoms with Crippen LogP contribution in [0.5, 0.6) is 0 Å². The van der Waals surface area contributed by atoms with Crippen LogP contribution < -0.4 is 5.32 Å². The largest absolute Gasteiger partial charge is 0.370 e. The molecule has 4 heteroatoms. The van der Waals surface area contributed by atoms with Crippen molar-refractivity contribution in [3.05, 3.63) is 18.2 Å². The highest BCUT2D eigenvalue weighted by atomic mass is 16.5. The van der Waals surface area contributed by atoms with Crippen LogP contribution in [0.15, 0.2) is 12.4 Å². The van der Waals surface area contributed by atoms with Gasteiger partial charge in [-0.15, -0.1) is 0 Å². The molecular formula is C11H19N3O. The lowest BCUT2D eigenvalue weighted by Gasteiger charge is -2.22. The first-order valence-electron chi connectivity index (χ1n) is 5.72. The van der Waals surface area contributed by atoms with Crippen molar-refractivity contribution in [3.8, 4) is 0 Å². The van der Waals surface area contributed by atoms with Crippen LogP contribution in [-0.4, -0.2) is 28.7 Å². The first-order valence-corrected chi connectivity index (χ1v) is 5.72. The lowest BCUT2D eigenvalue weighted by Crippen LogP contribution is -2.32. The van der Waals surface area contributed by atoms with Crippen molar-refractivity contribution < 1.29 is 4.74 Å². The lowest BCUT2D eigenvalue weighted by atomic mass is 10.1. The van der Waals surface area contributed by atoms with E-state index in [-0.39, 0.29) is 0 Å². The third kappa shape index (κ3) is 2.79. The zero-order valence-corrected chi connectivity index (χ0v) is 9.28. The first-order chi connectivity index (χ1) is 7.40. The summed E-state index contributed by atoms with van der Waals surface area (Å²) in [4.78, 5) is 4.29. The molecule has 4 nitrogen and oxygen atoms in total. The maximum Gasteiger partial charge on any atom is 0.134 e. The van der Waals surface area contributed by atoms with Gasteiger partial charge in [0.15, 0.2) is 0 Å². The molecule has 0 atom stereocenters. The molecule has 0 aromatic carbocycles. The molecule has 1 aromatic rings. The molecule has 1 aliphatic heterocycles. The smallest absolute Gasteiger partial charge is 0.134 e. The number of hydrogen-bond donors (Lipinski definition) is 1. The Kier molecular flexibility index (Phi) is 3.75. The van der Waals surface area contributed by atoms with E-state index in [0.717, 1.165) is 38.3 Å². The summed E-state index contributed by atoms with van der Waals surface area (Å²) in [6.45, 7) is 5.88. The second-order valence-corrected chi connectivity index (χ2v) is 3.89. The Balaban J connectivity index is 1.81. The predicted octanol–water partition coefficient (Wildman–Crippen LogP) is 1.17. The van der Waals surface area contributed by atoms with Gasteiger partial charge in [0, 0.05) is 18.9 Å². The average Bonchev–Trinajstić information content (AvgIpc) is 2.75. The fourth-order valence-electron chi connectivity index (χ4n) is 1.92. The van der Waals surface area contributed by atoms with Gasteiger partial charge in [0.2, 0.25) is 0 Å². The summed E-state index contributed by atoms with van der Waals surface area (Å²) in [5, 5.41) is 3.33. The molecule has 0 aliphatic carbocycles. The summed E-state index contributed by atoms with van der Waals surface area (Å²) >= 11 is 0. The molecule has 1 aromatic heterocycles. The van der Waals surface area contributed by atoms with E-state index in [1.54, 1.807) is 0 Å². The van der Waals surface area contributed by atoms with Gasteiger partial charge in [-0.3, -0.25) is 0 Å². The molecule has 0 amide bonds. The normalized spacial score (nSPS) is 18.2. The van der Waals surface area contributed by atoms with Crippen molar-refractivity contribution in [1.82, 2.24) is 14.9 Å². The van der Waals surface area contributed by atoms with Gasteiger partial charge in [-0.2, -0.15) is 0 Å². The molecule has 0 saturated carbocycles. The third-order valence-electron chi connectivity index (χ3n) is 2.88. The van der Waals surface area contributed by atoms with E-state index < -0.39 is 0 Å². The van der Waals surface area contributed by atoms with Crippen LogP contribution in [0.4, 0.5) is 0 Å². The molecule has 1 N–H and O–H groups in total. The van der Waals surface area contributed by atoms with Crippen LogP contribution in [0.1, 0.15) is 25.6 Å². The van der Waals surface area contributed by atoms with Crippen molar-refractivity contribution >= 4 is 0 Å². The summed E-state index contributed by atoms with van der Waals surface area (Å²) in [5.74, 6) is 1.04. The molecule has 2 heterocycles. The minimum atomic E-state index is 0.410. The Morgan fingerprint density at radius 2 is 2.33 bits per heavy atom. The van der Waals surface area contributed by atoms with Crippen molar-refractivity contribution in [2.24, 2.45) is 0 Å². The van der Waals surface area contributed by atoms with Crippen LogP contribution in [0.3, 0.4) is 0 Å². The van der Waals surface area contributed by atoms with Gasteiger partial charge in [0.1, 0.15) is 12.4 Å². The maximum absolute atomic E-state index is 5.85. The fourth-order valence-corrected chi connectivity index (χ4v) is 1.92. The van der Waals surface area contributed by atoms with Gasteiger partial charge < -0.3 is 14.6 Å². The maximum atomic E-state index is 5.85. The van der Waals surface area contributed by atoms with Crippen LogP contribution >= 0.6 is 0 Å². The summed E-state index contributed by atoms with van der Waals surface area (Å²) in [6.07, 6.45) is 6.49. The molecule has 0 spiro atoms. The zero-order valence-electron chi connectivity index (χ0n) is 9.28. The van der Waals surface area contributed by atoms with E-state index in [9.17, 15) is 0 Å². The van der Waals surface area contributed by atoms with Crippen LogP contribution in [0.25, 0.3) is 0 Å². The van der Waals surface area contributed by atoms with Crippen LogP contribution in [0, 0.1) is 0 Å². The zero-order chi connectivity index (χ0) is 10.5. The standard InChI is InChI=1S/C11H19N3O/c1-2-14-8-7-13-11(14)9-15-10-3-5-12-6-4-10/h7-8,10,12H,2-6,9H2,1H3. The third-order valence-corrected chi connectivity index (χ3v) is 2.88.